The van der Waals surface area contributed by atoms with Gasteiger partial charge in [-0.3, -0.25) is 4.79 Å². The van der Waals surface area contributed by atoms with Crippen molar-refractivity contribution < 1.29 is 13.2 Å². The second-order valence-corrected chi connectivity index (χ2v) is 7.66. The lowest BCUT2D eigenvalue weighted by atomic mass is 9.99. The smallest absolute Gasteiger partial charge is 0.265 e. The fourth-order valence-electron chi connectivity index (χ4n) is 2.78. The lowest BCUT2D eigenvalue weighted by molar-refractivity contribution is -0.110. The monoisotopic (exact) mass is 344 g/mol. The Bertz CT molecular complexity index is 1140. The van der Waals surface area contributed by atoms with Gasteiger partial charge < -0.3 is 0 Å². The molecule has 0 N–H and O–H groups in total. The highest BCUT2D eigenvalue weighted by molar-refractivity contribution is 8.17. The highest BCUT2D eigenvalue weighted by atomic mass is 35.7. The molecular weight excluding hydrogens is 336 g/mol. The number of carbonyl (C=O) groups is 1. The van der Waals surface area contributed by atoms with Crippen LogP contribution in [0.15, 0.2) is 59.2 Å². The van der Waals surface area contributed by atoms with Crippen LogP contribution in [0.1, 0.15) is 0 Å². The second-order valence-electron chi connectivity index (χ2n) is 5.13. The second kappa shape index (κ2) is 4.78. The minimum absolute atomic E-state index is 0.323. The van der Waals surface area contributed by atoms with Crippen LogP contribution in [0.4, 0.5) is 0 Å². The number of ketones is 1. The average Bonchev–Trinajstić information content (AvgIpc) is 3.05. The number of nitrogens with zero attached hydrogens (tertiary/aromatic N) is 2. The van der Waals surface area contributed by atoms with Crippen molar-refractivity contribution in [3.63, 3.8) is 0 Å². The van der Waals surface area contributed by atoms with Gasteiger partial charge in [-0.05, 0) is 29.9 Å². The van der Waals surface area contributed by atoms with Gasteiger partial charge >= 0.3 is 0 Å². The normalized spacial score (nSPS) is 16.4. The van der Waals surface area contributed by atoms with Gasteiger partial charge in [0.15, 0.2) is 0 Å². The first-order valence-corrected chi connectivity index (χ1v) is 9.05. The third kappa shape index (κ3) is 2.10. The molecule has 0 amide bonds. The van der Waals surface area contributed by atoms with E-state index in [9.17, 15) is 13.2 Å². The number of fused-ring (bicyclic) bond motifs is 2. The Balaban J connectivity index is 1.98. The van der Waals surface area contributed by atoms with Crippen molar-refractivity contribution >= 4 is 37.2 Å². The maximum atomic E-state index is 12.5. The lowest BCUT2D eigenvalue weighted by Crippen LogP contribution is -2.28. The van der Waals surface area contributed by atoms with Crippen molar-refractivity contribution in [3.8, 4) is 5.69 Å². The van der Waals surface area contributed by atoms with Gasteiger partial charge in [0.1, 0.15) is 4.91 Å². The van der Waals surface area contributed by atoms with Gasteiger partial charge in [0, 0.05) is 21.5 Å². The molecule has 0 fully saturated rings. The predicted octanol–water partition coefficient (Wildman–Crippen LogP) is 0.779. The van der Waals surface area contributed by atoms with E-state index in [4.69, 9.17) is 10.7 Å². The molecule has 23 heavy (non-hydrogen) atoms. The molecule has 0 radical (unpaired) electrons. The van der Waals surface area contributed by atoms with Crippen molar-refractivity contribution in [2.75, 3.05) is 0 Å². The Kier molecular flexibility index (Phi) is 2.94. The van der Waals surface area contributed by atoms with Crippen molar-refractivity contribution in [3.05, 3.63) is 69.7 Å². The first kappa shape index (κ1) is 14.2. The zero-order valence-electron chi connectivity index (χ0n) is 11.6. The number of benzene rings is 1. The zero-order chi connectivity index (χ0) is 16.2. The summed E-state index contributed by atoms with van der Waals surface area (Å²) in [7, 11) is 1.25. The molecule has 7 heteroatoms. The van der Waals surface area contributed by atoms with Crippen LogP contribution in [0.5, 0.6) is 0 Å². The molecule has 0 unspecified atom stereocenters. The van der Waals surface area contributed by atoms with Crippen LogP contribution < -0.4 is 10.6 Å². The summed E-state index contributed by atoms with van der Waals surface area (Å²) in [6.45, 7) is 0. The molecular formula is C16H9ClN2O3S. The number of hydrogen-bond donors (Lipinski definition) is 0. The molecule has 114 valence electrons. The van der Waals surface area contributed by atoms with Crippen LogP contribution in [0.2, 0.25) is 0 Å². The van der Waals surface area contributed by atoms with E-state index in [0.29, 0.717) is 16.4 Å². The van der Waals surface area contributed by atoms with Gasteiger partial charge in [0.25, 0.3) is 9.05 Å². The predicted molar refractivity (Wildman–Crippen MR) is 86.6 cm³/mol. The summed E-state index contributed by atoms with van der Waals surface area (Å²) in [6.07, 6.45) is 6.21. The summed E-state index contributed by atoms with van der Waals surface area (Å²) in [5, 5.41) is 5.65. The van der Waals surface area contributed by atoms with E-state index in [-0.39, 0.29) is 0 Å². The molecule has 0 atom stereocenters. The Labute approximate surface area is 135 Å². The minimum Gasteiger partial charge on any atom is -0.288 e. The SMILES string of the molecule is O=C1C(S(=O)(=O)Cl)=CC=C2C=c3c(cnn3-c3ccccc3)=C12. The average molecular weight is 345 g/mol. The maximum Gasteiger partial charge on any atom is 0.265 e. The molecule has 0 spiro atoms. The van der Waals surface area contributed by atoms with E-state index in [1.807, 2.05) is 36.4 Å². The first-order valence-electron chi connectivity index (χ1n) is 6.74. The molecule has 1 aromatic heterocycles. The highest BCUT2D eigenvalue weighted by Gasteiger charge is 2.32. The summed E-state index contributed by atoms with van der Waals surface area (Å²) in [4.78, 5) is 12.1. The molecule has 2 aromatic rings. The fraction of sp³-hybridized carbons (Fsp3) is 0. The number of aromatic nitrogens is 2. The van der Waals surface area contributed by atoms with Gasteiger partial charge in [0.05, 0.1) is 17.2 Å². The van der Waals surface area contributed by atoms with Gasteiger partial charge in [-0.2, -0.15) is 5.10 Å². The van der Waals surface area contributed by atoms with E-state index in [2.05, 4.69) is 5.10 Å². The van der Waals surface area contributed by atoms with Crippen LogP contribution in [-0.2, 0) is 13.8 Å². The fourth-order valence-corrected chi connectivity index (χ4v) is 3.70. The van der Waals surface area contributed by atoms with Gasteiger partial charge in [-0.1, -0.05) is 24.3 Å². The molecule has 1 aromatic carbocycles. The number of Topliss-reactive ketones (excluding diaryl/α,β-unsaturated/α-hetero) is 1. The van der Waals surface area contributed by atoms with Crippen molar-refractivity contribution in [1.29, 1.82) is 0 Å². The van der Waals surface area contributed by atoms with Gasteiger partial charge in [-0.15, -0.1) is 0 Å². The molecule has 2 aliphatic rings. The molecule has 0 aliphatic heterocycles. The van der Waals surface area contributed by atoms with Crippen molar-refractivity contribution in [2.45, 2.75) is 0 Å². The number of carbonyl (C=O) groups excluding carboxylic acids is 1. The summed E-state index contributed by atoms with van der Waals surface area (Å²) in [6, 6.07) is 9.48. The number of para-hydroxylation sites is 1. The maximum absolute atomic E-state index is 12.5. The Morgan fingerprint density at radius 1 is 1.09 bits per heavy atom. The zero-order valence-corrected chi connectivity index (χ0v) is 13.2. The Morgan fingerprint density at radius 3 is 2.52 bits per heavy atom. The minimum atomic E-state index is -4.08. The van der Waals surface area contributed by atoms with Crippen molar-refractivity contribution in [1.82, 2.24) is 9.78 Å². The van der Waals surface area contributed by atoms with Gasteiger partial charge in [0.2, 0.25) is 5.78 Å². The summed E-state index contributed by atoms with van der Waals surface area (Å²) in [5.74, 6) is -0.597. The molecule has 2 aliphatic carbocycles. The van der Waals surface area contributed by atoms with E-state index in [0.717, 1.165) is 11.0 Å². The Hall–Kier alpha value is -2.44. The van der Waals surface area contributed by atoms with E-state index in [1.165, 1.54) is 6.08 Å². The summed E-state index contributed by atoms with van der Waals surface area (Å²) >= 11 is 0. The number of halogens is 1. The van der Waals surface area contributed by atoms with Crippen LogP contribution >= 0.6 is 10.7 Å². The first-order chi connectivity index (χ1) is 11.0. The van der Waals surface area contributed by atoms with E-state index in [1.54, 1.807) is 17.0 Å². The number of rotatable bonds is 2. The largest absolute Gasteiger partial charge is 0.288 e. The summed E-state index contributed by atoms with van der Waals surface area (Å²) < 4.78 is 24.8. The van der Waals surface area contributed by atoms with Gasteiger partial charge in [-0.25, -0.2) is 13.1 Å². The quantitative estimate of drug-likeness (QED) is 0.755. The van der Waals surface area contributed by atoms with Crippen molar-refractivity contribution in [2.24, 2.45) is 0 Å². The van der Waals surface area contributed by atoms with E-state index < -0.39 is 19.7 Å². The van der Waals surface area contributed by atoms with Crippen LogP contribution in [0.25, 0.3) is 17.3 Å². The number of allylic oxidation sites excluding steroid dienone is 4. The molecule has 1 heterocycles. The Morgan fingerprint density at radius 2 is 1.83 bits per heavy atom. The molecule has 0 saturated carbocycles. The van der Waals surface area contributed by atoms with Crippen LogP contribution in [-0.4, -0.2) is 24.0 Å². The third-order valence-corrected chi connectivity index (χ3v) is 5.13. The van der Waals surface area contributed by atoms with Crippen LogP contribution in [0, 0.1) is 0 Å². The molecule has 0 bridgehead atoms. The molecule has 5 nitrogen and oxygen atoms in total. The molecule has 0 saturated heterocycles. The topological polar surface area (TPSA) is 69.0 Å². The van der Waals surface area contributed by atoms with E-state index >= 15 is 0 Å². The summed E-state index contributed by atoms with van der Waals surface area (Å²) in [5.41, 5.74) is 1.84. The standard InChI is InChI=1S/C16H9ClN2O3S/c17-23(21,22)14-7-6-10-8-13-12(15(10)16(14)20)9-18-19(13)11-4-2-1-3-5-11/h1-9H. The highest BCUT2D eigenvalue weighted by Crippen LogP contribution is 2.28. The lowest BCUT2D eigenvalue weighted by Gasteiger charge is -2.10. The molecule has 4 rings (SSSR count). The van der Waals surface area contributed by atoms with Crippen LogP contribution in [0.3, 0.4) is 0 Å². The number of hydrogen-bond acceptors (Lipinski definition) is 4. The third-order valence-electron chi connectivity index (χ3n) is 3.79.